The summed E-state index contributed by atoms with van der Waals surface area (Å²) in [7, 11) is 0. The summed E-state index contributed by atoms with van der Waals surface area (Å²) in [5, 5.41) is 3.47. The molecule has 0 aromatic carbocycles. The van der Waals surface area contributed by atoms with E-state index in [9.17, 15) is 0 Å². The lowest BCUT2D eigenvalue weighted by molar-refractivity contribution is 0.435. The van der Waals surface area contributed by atoms with E-state index in [4.69, 9.17) is 5.73 Å². The van der Waals surface area contributed by atoms with Crippen molar-refractivity contribution in [3.05, 3.63) is 0 Å². The first-order valence-electron chi connectivity index (χ1n) is 4.22. The van der Waals surface area contributed by atoms with Crippen molar-refractivity contribution < 1.29 is 0 Å². The molecule has 0 saturated heterocycles. The standard InChI is InChI=1S/C8H18N2/c1-6(2)10-8-5-3-4-7(8)9/h6-8,10H,3-5,9H2,1-2H3/t7-,8+/m0/s1. The fourth-order valence-electron chi connectivity index (χ4n) is 1.62. The molecule has 1 saturated carbocycles. The molecule has 1 fully saturated rings. The van der Waals surface area contributed by atoms with Crippen molar-refractivity contribution in [1.29, 1.82) is 0 Å². The zero-order chi connectivity index (χ0) is 7.56. The Hall–Kier alpha value is -0.0800. The van der Waals surface area contributed by atoms with Crippen LogP contribution in [-0.4, -0.2) is 18.1 Å². The maximum absolute atomic E-state index is 5.86. The van der Waals surface area contributed by atoms with Gasteiger partial charge in [-0.15, -0.1) is 0 Å². The van der Waals surface area contributed by atoms with Crippen LogP contribution in [0.3, 0.4) is 0 Å². The van der Waals surface area contributed by atoms with Crippen LogP contribution in [-0.2, 0) is 0 Å². The fourth-order valence-corrected chi connectivity index (χ4v) is 1.62. The largest absolute Gasteiger partial charge is 0.326 e. The summed E-state index contributed by atoms with van der Waals surface area (Å²) < 4.78 is 0. The van der Waals surface area contributed by atoms with Crippen molar-refractivity contribution in [3.8, 4) is 0 Å². The second-order valence-electron chi connectivity index (χ2n) is 3.52. The molecule has 1 rings (SSSR count). The minimum absolute atomic E-state index is 0.405. The van der Waals surface area contributed by atoms with Crippen LogP contribution in [0, 0.1) is 0 Å². The van der Waals surface area contributed by atoms with Crippen LogP contribution in [0.15, 0.2) is 0 Å². The normalized spacial score (nSPS) is 33.6. The van der Waals surface area contributed by atoms with Crippen molar-refractivity contribution in [2.75, 3.05) is 0 Å². The van der Waals surface area contributed by atoms with Crippen LogP contribution < -0.4 is 11.1 Å². The van der Waals surface area contributed by atoms with Crippen LogP contribution >= 0.6 is 0 Å². The van der Waals surface area contributed by atoms with Crippen LogP contribution in [0.2, 0.25) is 0 Å². The van der Waals surface area contributed by atoms with E-state index in [1.807, 2.05) is 0 Å². The molecule has 0 aromatic rings. The summed E-state index contributed by atoms with van der Waals surface area (Å²) in [6.45, 7) is 4.34. The van der Waals surface area contributed by atoms with Gasteiger partial charge in [0.1, 0.15) is 0 Å². The van der Waals surface area contributed by atoms with E-state index in [0.717, 1.165) is 0 Å². The summed E-state index contributed by atoms with van der Waals surface area (Å²) in [5.41, 5.74) is 5.86. The Morgan fingerprint density at radius 2 is 2.10 bits per heavy atom. The highest BCUT2D eigenvalue weighted by Gasteiger charge is 2.23. The van der Waals surface area contributed by atoms with Gasteiger partial charge in [0.25, 0.3) is 0 Å². The molecule has 0 unspecified atom stereocenters. The molecule has 2 heteroatoms. The van der Waals surface area contributed by atoms with Gasteiger partial charge in [0.05, 0.1) is 0 Å². The van der Waals surface area contributed by atoms with Crippen LogP contribution in [0.5, 0.6) is 0 Å². The molecule has 60 valence electrons. The Labute approximate surface area is 63.2 Å². The summed E-state index contributed by atoms with van der Waals surface area (Å²) in [6.07, 6.45) is 3.76. The first-order valence-corrected chi connectivity index (χ1v) is 4.22. The summed E-state index contributed by atoms with van der Waals surface area (Å²) >= 11 is 0. The number of rotatable bonds is 2. The molecular weight excluding hydrogens is 124 g/mol. The molecule has 0 aliphatic heterocycles. The molecule has 10 heavy (non-hydrogen) atoms. The van der Waals surface area contributed by atoms with E-state index < -0.39 is 0 Å². The molecule has 2 nitrogen and oxygen atoms in total. The molecular formula is C8H18N2. The molecule has 1 aliphatic rings. The molecule has 1 aliphatic carbocycles. The minimum atomic E-state index is 0.405. The lowest BCUT2D eigenvalue weighted by Crippen LogP contribution is -2.43. The van der Waals surface area contributed by atoms with Crippen molar-refractivity contribution in [2.45, 2.75) is 51.2 Å². The summed E-state index contributed by atoms with van der Waals surface area (Å²) in [4.78, 5) is 0. The van der Waals surface area contributed by atoms with Gasteiger partial charge in [-0.3, -0.25) is 0 Å². The van der Waals surface area contributed by atoms with Gasteiger partial charge in [0.2, 0.25) is 0 Å². The van der Waals surface area contributed by atoms with E-state index in [1.54, 1.807) is 0 Å². The van der Waals surface area contributed by atoms with Crippen molar-refractivity contribution >= 4 is 0 Å². The molecule has 0 radical (unpaired) electrons. The molecule has 3 N–H and O–H groups in total. The first kappa shape index (κ1) is 8.02. The fraction of sp³-hybridized carbons (Fsp3) is 1.00. The second kappa shape index (κ2) is 3.35. The quantitative estimate of drug-likeness (QED) is 0.600. The van der Waals surface area contributed by atoms with Gasteiger partial charge in [-0.25, -0.2) is 0 Å². The third-order valence-electron chi connectivity index (χ3n) is 2.12. The Kier molecular flexibility index (Phi) is 2.69. The van der Waals surface area contributed by atoms with Gasteiger partial charge in [0, 0.05) is 18.1 Å². The maximum atomic E-state index is 5.86. The number of nitrogens with two attached hydrogens (primary N) is 1. The topological polar surface area (TPSA) is 38.0 Å². The summed E-state index contributed by atoms with van der Waals surface area (Å²) in [6, 6.07) is 1.57. The van der Waals surface area contributed by atoms with Gasteiger partial charge in [-0.1, -0.05) is 20.3 Å². The molecule has 0 aromatic heterocycles. The number of hydrogen-bond donors (Lipinski definition) is 2. The predicted molar refractivity (Wildman–Crippen MR) is 43.9 cm³/mol. The van der Waals surface area contributed by atoms with Gasteiger partial charge in [-0.05, 0) is 12.8 Å². The monoisotopic (exact) mass is 142 g/mol. The van der Waals surface area contributed by atoms with Gasteiger partial charge in [0.15, 0.2) is 0 Å². The van der Waals surface area contributed by atoms with Crippen LogP contribution in [0.4, 0.5) is 0 Å². The average Bonchev–Trinajstić information content (AvgIpc) is 2.15. The van der Waals surface area contributed by atoms with E-state index in [-0.39, 0.29) is 0 Å². The smallest absolute Gasteiger partial charge is 0.0221 e. The van der Waals surface area contributed by atoms with Crippen LogP contribution in [0.25, 0.3) is 0 Å². The minimum Gasteiger partial charge on any atom is -0.326 e. The highest BCUT2D eigenvalue weighted by atomic mass is 15.0. The molecule has 0 amide bonds. The zero-order valence-electron chi connectivity index (χ0n) is 6.93. The van der Waals surface area contributed by atoms with Gasteiger partial charge in [-0.2, -0.15) is 0 Å². The zero-order valence-corrected chi connectivity index (χ0v) is 6.93. The Morgan fingerprint density at radius 3 is 2.50 bits per heavy atom. The lowest BCUT2D eigenvalue weighted by atomic mass is 10.1. The van der Waals surface area contributed by atoms with Crippen molar-refractivity contribution in [1.82, 2.24) is 5.32 Å². The second-order valence-corrected chi connectivity index (χ2v) is 3.52. The molecule has 0 spiro atoms. The highest BCUT2D eigenvalue weighted by molar-refractivity contribution is 4.86. The number of hydrogen-bond acceptors (Lipinski definition) is 2. The Morgan fingerprint density at radius 1 is 1.40 bits per heavy atom. The van der Waals surface area contributed by atoms with Crippen LogP contribution in [0.1, 0.15) is 33.1 Å². The van der Waals surface area contributed by atoms with E-state index in [2.05, 4.69) is 19.2 Å². The Balaban J connectivity index is 2.26. The third kappa shape index (κ3) is 1.96. The van der Waals surface area contributed by atoms with E-state index in [0.29, 0.717) is 18.1 Å². The average molecular weight is 142 g/mol. The van der Waals surface area contributed by atoms with E-state index >= 15 is 0 Å². The molecule has 0 heterocycles. The maximum Gasteiger partial charge on any atom is 0.0221 e. The third-order valence-corrected chi connectivity index (χ3v) is 2.12. The van der Waals surface area contributed by atoms with Gasteiger partial charge < -0.3 is 11.1 Å². The lowest BCUT2D eigenvalue weighted by Gasteiger charge is -2.19. The summed E-state index contributed by atoms with van der Waals surface area (Å²) in [5.74, 6) is 0. The predicted octanol–water partition coefficient (Wildman–Crippen LogP) is 0.864. The number of nitrogens with one attached hydrogen (secondary N) is 1. The van der Waals surface area contributed by atoms with Gasteiger partial charge >= 0.3 is 0 Å². The van der Waals surface area contributed by atoms with E-state index in [1.165, 1.54) is 19.3 Å². The molecule has 0 bridgehead atoms. The highest BCUT2D eigenvalue weighted by Crippen LogP contribution is 2.17. The SMILES string of the molecule is CC(C)N[C@@H]1CCC[C@@H]1N. The first-order chi connectivity index (χ1) is 4.70. The molecule has 2 atom stereocenters. The Bertz CT molecular complexity index is 101. The van der Waals surface area contributed by atoms with Crippen molar-refractivity contribution in [3.63, 3.8) is 0 Å². The van der Waals surface area contributed by atoms with Crippen molar-refractivity contribution in [2.24, 2.45) is 5.73 Å².